The first-order valence-corrected chi connectivity index (χ1v) is 12.0. The minimum Gasteiger partial charge on any atom is -0.481 e. The highest BCUT2D eigenvalue weighted by atomic mass is 16.4. The van der Waals surface area contributed by atoms with Crippen molar-refractivity contribution in [2.75, 3.05) is 5.32 Å². The number of hydrogen-bond donors (Lipinski definition) is 2. The molecule has 0 unspecified atom stereocenters. The molecule has 1 fully saturated rings. The van der Waals surface area contributed by atoms with Gasteiger partial charge in [0, 0.05) is 24.2 Å². The topological polar surface area (TPSA) is 92.2 Å². The SMILES string of the molecule is O=C(O)CC1CCC(c2ccc(-c3ccc4c(C(=O)Nc5ccccn5)ccnc4c3)cc2)CC1. The minimum atomic E-state index is -0.691. The average molecular weight is 466 g/mol. The maximum absolute atomic E-state index is 12.8. The molecule has 0 saturated heterocycles. The summed E-state index contributed by atoms with van der Waals surface area (Å²) in [4.78, 5) is 32.5. The zero-order valence-electron chi connectivity index (χ0n) is 19.4. The molecule has 0 bridgehead atoms. The Kier molecular flexibility index (Phi) is 6.53. The number of carboxylic acids is 1. The summed E-state index contributed by atoms with van der Waals surface area (Å²) in [6, 6.07) is 21.7. The van der Waals surface area contributed by atoms with E-state index >= 15 is 0 Å². The highest BCUT2D eigenvalue weighted by Crippen LogP contribution is 2.37. The Labute approximate surface area is 204 Å². The van der Waals surface area contributed by atoms with Gasteiger partial charge in [-0.15, -0.1) is 0 Å². The number of aliphatic carboxylic acids is 1. The van der Waals surface area contributed by atoms with Crippen molar-refractivity contribution >= 4 is 28.6 Å². The van der Waals surface area contributed by atoms with Gasteiger partial charge in [-0.05, 0) is 78.5 Å². The number of amides is 1. The van der Waals surface area contributed by atoms with Crippen LogP contribution in [-0.4, -0.2) is 27.0 Å². The Morgan fingerprint density at radius 3 is 2.34 bits per heavy atom. The molecule has 0 aliphatic heterocycles. The molecule has 6 heteroatoms. The van der Waals surface area contributed by atoms with Crippen LogP contribution in [0.15, 0.2) is 79.1 Å². The first kappa shape index (κ1) is 22.7. The van der Waals surface area contributed by atoms with E-state index in [4.69, 9.17) is 5.11 Å². The van der Waals surface area contributed by atoms with Crippen molar-refractivity contribution in [3.05, 3.63) is 90.3 Å². The number of fused-ring (bicyclic) bond motifs is 1. The van der Waals surface area contributed by atoms with Crippen LogP contribution in [0.5, 0.6) is 0 Å². The molecule has 176 valence electrons. The van der Waals surface area contributed by atoms with E-state index in [0.29, 0.717) is 23.2 Å². The van der Waals surface area contributed by atoms with Gasteiger partial charge in [0.1, 0.15) is 5.82 Å². The smallest absolute Gasteiger partial charge is 0.303 e. The summed E-state index contributed by atoms with van der Waals surface area (Å²) in [6.07, 6.45) is 7.62. The number of aromatic nitrogens is 2. The number of nitrogens with zero attached hydrogens (tertiary/aromatic N) is 2. The molecule has 1 aliphatic carbocycles. The van der Waals surface area contributed by atoms with Gasteiger partial charge in [0.15, 0.2) is 0 Å². The van der Waals surface area contributed by atoms with E-state index < -0.39 is 5.97 Å². The van der Waals surface area contributed by atoms with Gasteiger partial charge in [-0.2, -0.15) is 0 Å². The Morgan fingerprint density at radius 2 is 1.63 bits per heavy atom. The van der Waals surface area contributed by atoms with Crippen molar-refractivity contribution < 1.29 is 14.7 Å². The van der Waals surface area contributed by atoms with Crippen LogP contribution < -0.4 is 5.32 Å². The normalized spacial score (nSPS) is 17.7. The molecule has 4 aromatic rings. The van der Waals surface area contributed by atoms with Crippen LogP contribution >= 0.6 is 0 Å². The van der Waals surface area contributed by atoms with Crippen LogP contribution in [0, 0.1) is 5.92 Å². The highest BCUT2D eigenvalue weighted by Gasteiger charge is 2.24. The third-order valence-corrected chi connectivity index (χ3v) is 6.92. The third kappa shape index (κ3) is 5.22. The third-order valence-electron chi connectivity index (χ3n) is 6.92. The molecule has 1 saturated carbocycles. The van der Waals surface area contributed by atoms with E-state index in [9.17, 15) is 9.59 Å². The number of hydrogen-bond acceptors (Lipinski definition) is 4. The first-order chi connectivity index (χ1) is 17.1. The lowest BCUT2D eigenvalue weighted by Gasteiger charge is -2.28. The molecule has 6 nitrogen and oxygen atoms in total. The van der Waals surface area contributed by atoms with Crippen LogP contribution in [0.2, 0.25) is 0 Å². The maximum atomic E-state index is 12.8. The van der Waals surface area contributed by atoms with Crippen LogP contribution in [-0.2, 0) is 4.79 Å². The summed E-state index contributed by atoms with van der Waals surface area (Å²) in [5, 5.41) is 12.7. The van der Waals surface area contributed by atoms with Gasteiger partial charge in [0.05, 0.1) is 11.1 Å². The first-order valence-electron chi connectivity index (χ1n) is 12.0. The fourth-order valence-corrected chi connectivity index (χ4v) is 5.04. The van der Waals surface area contributed by atoms with E-state index in [0.717, 1.165) is 47.7 Å². The molecule has 2 aromatic heterocycles. The lowest BCUT2D eigenvalue weighted by Crippen LogP contribution is -2.16. The molecule has 0 atom stereocenters. The average Bonchev–Trinajstić information content (AvgIpc) is 2.89. The number of rotatable bonds is 6. The number of benzene rings is 2. The van der Waals surface area contributed by atoms with Crippen molar-refractivity contribution in [1.82, 2.24) is 9.97 Å². The second-order valence-electron chi connectivity index (χ2n) is 9.20. The van der Waals surface area contributed by atoms with E-state index in [1.165, 1.54) is 5.56 Å². The molecule has 2 N–H and O–H groups in total. The molecule has 2 heterocycles. The molecule has 2 aromatic carbocycles. The Morgan fingerprint density at radius 1 is 0.857 bits per heavy atom. The van der Waals surface area contributed by atoms with Gasteiger partial charge in [-0.3, -0.25) is 14.6 Å². The number of nitrogens with one attached hydrogen (secondary N) is 1. The van der Waals surface area contributed by atoms with Crippen molar-refractivity contribution in [3.8, 4) is 11.1 Å². The predicted molar refractivity (Wildman–Crippen MR) is 136 cm³/mol. The van der Waals surface area contributed by atoms with Gasteiger partial charge < -0.3 is 10.4 Å². The van der Waals surface area contributed by atoms with Crippen molar-refractivity contribution in [2.45, 2.75) is 38.0 Å². The fraction of sp³-hybridized carbons (Fsp3) is 0.241. The summed E-state index contributed by atoms with van der Waals surface area (Å²) >= 11 is 0. The Balaban J connectivity index is 1.31. The van der Waals surface area contributed by atoms with E-state index in [1.54, 1.807) is 30.6 Å². The molecule has 0 spiro atoms. The molecule has 1 amide bonds. The zero-order chi connectivity index (χ0) is 24.2. The van der Waals surface area contributed by atoms with Crippen molar-refractivity contribution in [2.24, 2.45) is 5.92 Å². The van der Waals surface area contributed by atoms with Crippen LogP contribution in [0.4, 0.5) is 5.82 Å². The summed E-state index contributed by atoms with van der Waals surface area (Å²) in [5.41, 5.74) is 4.78. The van der Waals surface area contributed by atoms with Crippen molar-refractivity contribution in [1.29, 1.82) is 0 Å². The summed E-state index contributed by atoms with van der Waals surface area (Å²) in [5.74, 6) is 0.404. The van der Waals surface area contributed by atoms with Crippen LogP contribution in [0.3, 0.4) is 0 Å². The van der Waals surface area contributed by atoms with Crippen LogP contribution in [0.1, 0.15) is 53.9 Å². The maximum Gasteiger partial charge on any atom is 0.303 e. The second kappa shape index (κ2) is 10.1. The quantitative estimate of drug-likeness (QED) is 0.349. The lowest BCUT2D eigenvalue weighted by atomic mass is 9.77. The zero-order valence-corrected chi connectivity index (χ0v) is 19.4. The van der Waals surface area contributed by atoms with E-state index in [1.807, 2.05) is 24.3 Å². The molecule has 1 aliphatic rings. The molecule has 5 rings (SSSR count). The molecular weight excluding hydrogens is 438 g/mol. The van der Waals surface area contributed by atoms with Crippen LogP contribution in [0.25, 0.3) is 22.0 Å². The van der Waals surface area contributed by atoms with Gasteiger partial charge in [-0.1, -0.05) is 42.5 Å². The summed E-state index contributed by atoms with van der Waals surface area (Å²) in [7, 11) is 0. The number of carbonyl (C=O) groups excluding carboxylic acids is 1. The van der Waals surface area contributed by atoms with E-state index in [-0.39, 0.29) is 12.3 Å². The fourth-order valence-electron chi connectivity index (χ4n) is 5.04. The van der Waals surface area contributed by atoms with Gasteiger partial charge in [0.25, 0.3) is 5.91 Å². The Bertz CT molecular complexity index is 1340. The number of carboxylic acid groups (broad SMARTS) is 1. The standard InChI is InChI=1S/C29H27N3O3/c33-28(34)17-19-4-6-20(7-5-19)21-8-10-22(11-9-21)23-12-13-24-25(14-16-30-26(24)18-23)29(35)32-27-3-1-2-15-31-27/h1-3,8-16,18-20H,4-7,17H2,(H,33,34)(H,31,32,35). The number of anilines is 1. The monoisotopic (exact) mass is 465 g/mol. The number of pyridine rings is 2. The second-order valence-corrected chi connectivity index (χ2v) is 9.20. The summed E-state index contributed by atoms with van der Waals surface area (Å²) < 4.78 is 0. The van der Waals surface area contributed by atoms with Gasteiger partial charge >= 0.3 is 5.97 Å². The van der Waals surface area contributed by atoms with Gasteiger partial charge in [-0.25, -0.2) is 4.98 Å². The highest BCUT2D eigenvalue weighted by molar-refractivity contribution is 6.12. The molecule has 0 radical (unpaired) electrons. The predicted octanol–water partition coefficient (Wildman–Crippen LogP) is 6.30. The number of carbonyl (C=O) groups is 2. The lowest BCUT2D eigenvalue weighted by molar-refractivity contribution is -0.138. The molecule has 35 heavy (non-hydrogen) atoms. The van der Waals surface area contributed by atoms with Crippen molar-refractivity contribution in [3.63, 3.8) is 0 Å². The minimum absolute atomic E-state index is 0.216. The Hall–Kier alpha value is -4.06. The largest absolute Gasteiger partial charge is 0.481 e. The van der Waals surface area contributed by atoms with Gasteiger partial charge in [0.2, 0.25) is 0 Å². The van der Waals surface area contributed by atoms with E-state index in [2.05, 4.69) is 39.6 Å². The molecular formula is C29H27N3O3. The summed E-state index contributed by atoms with van der Waals surface area (Å²) in [6.45, 7) is 0.